The second-order valence-corrected chi connectivity index (χ2v) is 8.40. The van der Waals surface area contributed by atoms with Crippen molar-refractivity contribution in [2.75, 3.05) is 10.0 Å². The Morgan fingerprint density at radius 3 is 2.37 bits per heavy atom. The topological polar surface area (TPSA) is 93.1 Å². The smallest absolute Gasteiger partial charge is 0.275 e. The molecule has 0 aliphatic rings. The van der Waals surface area contributed by atoms with Crippen molar-refractivity contribution in [3.63, 3.8) is 0 Å². The fourth-order valence-corrected chi connectivity index (χ4v) is 4.12. The molecule has 1 aromatic heterocycles. The predicted octanol–water partition coefficient (Wildman–Crippen LogP) is 3.54. The molecule has 0 bridgehead atoms. The molecule has 2 N–H and O–H groups in total. The Kier molecular flexibility index (Phi) is 5.33. The summed E-state index contributed by atoms with van der Waals surface area (Å²) in [5.74, 6) is -0.351. The molecule has 140 valence electrons. The third-order valence-corrected chi connectivity index (χ3v) is 5.88. The Morgan fingerprint density at radius 1 is 1.11 bits per heavy atom. The maximum atomic E-state index is 12.5. The molecule has 3 aromatic rings. The number of benzene rings is 2. The Balaban J connectivity index is 1.77. The number of aromatic nitrogens is 2. The zero-order valence-electron chi connectivity index (χ0n) is 14.6. The molecule has 2 aromatic carbocycles. The molecular weight excluding hydrogens is 432 g/mol. The fourth-order valence-electron chi connectivity index (χ4n) is 2.46. The van der Waals surface area contributed by atoms with Crippen LogP contribution in [0.2, 0.25) is 0 Å². The van der Waals surface area contributed by atoms with Crippen LogP contribution in [0.1, 0.15) is 16.1 Å². The summed E-state index contributed by atoms with van der Waals surface area (Å²) in [5.41, 5.74) is 2.19. The normalized spacial score (nSPS) is 11.2. The largest absolute Gasteiger partial charge is 0.321 e. The van der Waals surface area contributed by atoms with Crippen molar-refractivity contribution in [3.05, 3.63) is 70.5 Å². The van der Waals surface area contributed by atoms with Gasteiger partial charge in [-0.05, 0) is 58.7 Å². The van der Waals surface area contributed by atoms with E-state index in [2.05, 4.69) is 31.1 Å². The molecule has 3 rings (SSSR count). The third kappa shape index (κ3) is 4.20. The second kappa shape index (κ2) is 7.53. The average Bonchev–Trinajstić information content (AvgIpc) is 2.96. The highest BCUT2D eigenvalue weighted by molar-refractivity contribution is 9.10. The second-order valence-electron chi connectivity index (χ2n) is 5.86. The summed E-state index contributed by atoms with van der Waals surface area (Å²) in [6, 6.07) is 13.1. The van der Waals surface area contributed by atoms with Gasteiger partial charge < -0.3 is 5.32 Å². The molecule has 0 unspecified atom stereocenters. The van der Waals surface area contributed by atoms with Crippen LogP contribution in [0.25, 0.3) is 0 Å². The molecule has 0 aliphatic heterocycles. The molecule has 7 nitrogen and oxygen atoms in total. The van der Waals surface area contributed by atoms with Crippen LogP contribution in [0.15, 0.2) is 64.1 Å². The van der Waals surface area contributed by atoms with Crippen LogP contribution in [0, 0.1) is 6.92 Å². The number of amides is 1. The number of sulfonamides is 1. The molecular formula is C18H17BrN4O3S. The zero-order valence-corrected chi connectivity index (χ0v) is 17.0. The van der Waals surface area contributed by atoms with Gasteiger partial charge in [0.25, 0.3) is 15.9 Å². The van der Waals surface area contributed by atoms with Gasteiger partial charge in [-0.1, -0.05) is 18.2 Å². The SMILES string of the molecule is Cc1ccccc1NS(=O)(=O)c1ccc(NC(=O)c2c(Br)cnn2C)cc1. The Bertz CT molecular complexity index is 1070. The van der Waals surface area contributed by atoms with Crippen LogP contribution in [-0.4, -0.2) is 24.1 Å². The third-order valence-electron chi connectivity index (χ3n) is 3.92. The number of aryl methyl sites for hydroxylation is 2. The van der Waals surface area contributed by atoms with Gasteiger partial charge in [0.2, 0.25) is 0 Å². The Labute approximate surface area is 165 Å². The molecule has 27 heavy (non-hydrogen) atoms. The van der Waals surface area contributed by atoms with Gasteiger partial charge in [0, 0.05) is 12.7 Å². The van der Waals surface area contributed by atoms with Gasteiger partial charge in [-0.3, -0.25) is 14.2 Å². The number of hydrogen-bond acceptors (Lipinski definition) is 4. The summed E-state index contributed by atoms with van der Waals surface area (Å²) in [6.07, 6.45) is 1.53. The van der Waals surface area contributed by atoms with E-state index < -0.39 is 10.0 Å². The number of rotatable bonds is 5. The van der Waals surface area contributed by atoms with Crippen molar-refractivity contribution < 1.29 is 13.2 Å². The van der Waals surface area contributed by atoms with Gasteiger partial charge >= 0.3 is 0 Å². The lowest BCUT2D eigenvalue weighted by atomic mass is 10.2. The van der Waals surface area contributed by atoms with Crippen molar-refractivity contribution in [1.29, 1.82) is 0 Å². The first-order valence-electron chi connectivity index (χ1n) is 7.95. The number of nitrogens with zero attached hydrogens (tertiary/aromatic N) is 2. The number of para-hydroxylation sites is 1. The van der Waals surface area contributed by atoms with Crippen LogP contribution in [0.5, 0.6) is 0 Å². The van der Waals surface area contributed by atoms with Crippen molar-refractivity contribution >= 4 is 43.2 Å². The van der Waals surface area contributed by atoms with Crippen LogP contribution in [0.3, 0.4) is 0 Å². The van der Waals surface area contributed by atoms with Gasteiger partial charge in [0.05, 0.1) is 21.3 Å². The molecule has 1 amide bonds. The van der Waals surface area contributed by atoms with Crippen LogP contribution >= 0.6 is 15.9 Å². The minimum atomic E-state index is -3.72. The monoisotopic (exact) mass is 448 g/mol. The van der Waals surface area contributed by atoms with Gasteiger partial charge in [-0.15, -0.1) is 0 Å². The van der Waals surface area contributed by atoms with Crippen molar-refractivity contribution in [1.82, 2.24) is 9.78 Å². The summed E-state index contributed by atoms with van der Waals surface area (Å²) in [6.45, 7) is 1.83. The van der Waals surface area contributed by atoms with Crippen LogP contribution < -0.4 is 10.0 Å². The van der Waals surface area contributed by atoms with Crippen LogP contribution in [-0.2, 0) is 17.1 Å². The molecule has 0 atom stereocenters. The molecule has 9 heteroatoms. The lowest BCUT2D eigenvalue weighted by Crippen LogP contribution is -2.17. The van der Waals surface area contributed by atoms with E-state index in [1.54, 1.807) is 19.2 Å². The molecule has 0 spiro atoms. The summed E-state index contributed by atoms with van der Waals surface area (Å²) in [4.78, 5) is 12.4. The van der Waals surface area contributed by atoms with Gasteiger partial charge in [-0.25, -0.2) is 8.42 Å². The first-order valence-corrected chi connectivity index (χ1v) is 10.2. The highest BCUT2D eigenvalue weighted by Gasteiger charge is 2.17. The highest BCUT2D eigenvalue weighted by atomic mass is 79.9. The van der Waals surface area contributed by atoms with Gasteiger partial charge in [0.15, 0.2) is 0 Å². The van der Waals surface area contributed by atoms with E-state index in [9.17, 15) is 13.2 Å². The quantitative estimate of drug-likeness (QED) is 0.623. The maximum absolute atomic E-state index is 12.5. The molecule has 0 saturated carbocycles. The van der Waals surface area contributed by atoms with Gasteiger partial charge in [0.1, 0.15) is 5.69 Å². The molecule has 0 saturated heterocycles. The first-order chi connectivity index (χ1) is 12.8. The number of anilines is 2. The average molecular weight is 449 g/mol. The molecule has 0 aliphatic carbocycles. The van der Waals surface area contributed by atoms with Crippen LogP contribution in [0.4, 0.5) is 11.4 Å². The van der Waals surface area contributed by atoms with Gasteiger partial charge in [-0.2, -0.15) is 5.10 Å². The minimum absolute atomic E-state index is 0.102. The zero-order chi connectivity index (χ0) is 19.6. The van der Waals surface area contributed by atoms with E-state index in [4.69, 9.17) is 0 Å². The van der Waals surface area contributed by atoms with E-state index in [-0.39, 0.29) is 10.8 Å². The summed E-state index contributed by atoms with van der Waals surface area (Å²) >= 11 is 3.27. The van der Waals surface area contributed by atoms with E-state index in [0.717, 1.165) is 5.56 Å². The van der Waals surface area contributed by atoms with E-state index >= 15 is 0 Å². The highest BCUT2D eigenvalue weighted by Crippen LogP contribution is 2.22. The van der Waals surface area contributed by atoms with E-state index in [1.807, 2.05) is 19.1 Å². The number of carbonyl (C=O) groups excluding carboxylic acids is 1. The summed E-state index contributed by atoms with van der Waals surface area (Å²) in [5, 5.41) is 6.71. The molecule has 0 fully saturated rings. The number of carbonyl (C=O) groups is 1. The van der Waals surface area contributed by atoms with Crippen molar-refractivity contribution in [2.45, 2.75) is 11.8 Å². The Morgan fingerprint density at radius 2 is 1.78 bits per heavy atom. The van der Waals surface area contributed by atoms with E-state index in [0.29, 0.717) is 21.5 Å². The summed E-state index contributed by atoms with van der Waals surface area (Å²) in [7, 11) is -2.06. The fraction of sp³-hybridized carbons (Fsp3) is 0.111. The van der Waals surface area contributed by atoms with Crippen molar-refractivity contribution in [3.8, 4) is 0 Å². The number of hydrogen-bond donors (Lipinski definition) is 2. The summed E-state index contributed by atoms with van der Waals surface area (Å²) < 4.78 is 29.7. The Hall–Kier alpha value is -2.65. The minimum Gasteiger partial charge on any atom is -0.321 e. The lowest BCUT2D eigenvalue weighted by molar-refractivity contribution is 0.101. The first kappa shape index (κ1) is 19.1. The predicted molar refractivity (Wildman–Crippen MR) is 107 cm³/mol. The van der Waals surface area contributed by atoms with E-state index in [1.165, 1.54) is 35.1 Å². The lowest BCUT2D eigenvalue weighted by Gasteiger charge is -2.11. The van der Waals surface area contributed by atoms with Crippen molar-refractivity contribution in [2.24, 2.45) is 7.05 Å². The molecule has 1 heterocycles. The molecule has 0 radical (unpaired) electrons. The number of halogens is 1. The number of nitrogens with one attached hydrogen (secondary N) is 2. The maximum Gasteiger partial charge on any atom is 0.275 e. The standard InChI is InChI=1S/C18H17BrN4O3S/c1-12-5-3-4-6-16(12)22-27(25,26)14-9-7-13(8-10-14)21-18(24)17-15(19)11-20-23(17)2/h3-11,22H,1-2H3,(H,21,24).